The first-order valence-electron chi connectivity index (χ1n) is 7.37. The normalized spacial score (nSPS) is 10.1. The number of amides is 1. The fraction of sp³-hybridized carbons (Fsp3) is 0.278. The molecule has 0 saturated carbocycles. The zero-order valence-corrected chi connectivity index (χ0v) is 14.0. The molecule has 0 aliphatic carbocycles. The summed E-state index contributed by atoms with van der Waals surface area (Å²) in [6.07, 6.45) is 0. The van der Waals surface area contributed by atoms with Gasteiger partial charge in [0.2, 0.25) is 5.88 Å². The highest BCUT2D eigenvalue weighted by molar-refractivity contribution is 6.01. The van der Waals surface area contributed by atoms with Gasteiger partial charge in [-0.05, 0) is 51.0 Å². The Morgan fingerprint density at radius 3 is 2.38 bits per heavy atom. The average molecular weight is 326 g/mol. The van der Waals surface area contributed by atoms with Crippen molar-refractivity contribution < 1.29 is 18.7 Å². The summed E-state index contributed by atoms with van der Waals surface area (Å²) in [7, 11) is 0. The Balaban J connectivity index is 2.09. The minimum atomic E-state index is -0.477. The maximum Gasteiger partial charge on any atom is 0.264 e. The highest BCUT2D eigenvalue weighted by Gasteiger charge is 2.22. The van der Waals surface area contributed by atoms with Crippen molar-refractivity contribution in [2.24, 2.45) is 0 Å². The molecule has 6 nitrogen and oxygen atoms in total. The van der Waals surface area contributed by atoms with E-state index in [-0.39, 0.29) is 29.4 Å². The van der Waals surface area contributed by atoms with Crippen molar-refractivity contribution >= 4 is 17.6 Å². The van der Waals surface area contributed by atoms with Gasteiger partial charge in [0, 0.05) is 0 Å². The fourth-order valence-corrected chi connectivity index (χ4v) is 2.49. The molecule has 0 aliphatic heterocycles. The molecule has 0 atom stereocenters. The molecule has 2 aromatic rings. The lowest BCUT2D eigenvalue weighted by Gasteiger charge is -2.08. The zero-order valence-electron chi connectivity index (χ0n) is 14.0. The number of nitriles is 1. The number of benzene rings is 1. The van der Waals surface area contributed by atoms with Crippen LogP contribution in [-0.4, -0.2) is 18.3 Å². The minimum Gasteiger partial charge on any atom is -0.484 e. The molecule has 1 aromatic heterocycles. The first-order valence-corrected chi connectivity index (χ1v) is 7.37. The van der Waals surface area contributed by atoms with E-state index in [2.05, 4.69) is 5.32 Å². The van der Waals surface area contributed by atoms with Crippen LogP contribution in [0.25, 0.3) is 0 Å². The van der Waals surface area contributed by atoms with E-state index in [1.165, 1.54) is 6.92 Å². The summed E-state index contributed by atoms with van der Waals surface area (Å²) >= 11 is 0. The molecule has 6 heteroatoms. The van der Waals surface area contributed by atoms with Crippen LogP contribution < -0.4 is 10.1 Å². The maximum absolute atomic E-state index is 12.0. The lowest BCUT2D eigenvalue weighted by Crippen LogP contribution is -2.20. The van der Waals surface area contributed by atoms with Gasteiger partial charge in [-0.2, -0.15) is 5.26 Å². The third kappa shape index (κ3) is 3.82. The van der Waals surface area contributed by atoms with Crippen molar-refractivity contribution in [1.82, 2.24) is 0 Å². The molecule has 0 saturated heterocycles. The number of nitrogens with one attached hydrogen (secondary N) is 1. The number of Topliss-reactive ketones (excluding diaryl/α,β-unsaturated/α-hetero) is 1. The van der Waals surface area contributed by atoms with Gasteiger partial charge in [0.15, 0.2) is 12.4 Å². The molecule has 124 valence electrons. The molecule has 0 unspecified atom stereocenters. The van der Waals surface area contributed by atoms with Crippen molar-refractivity contribution in [1.29, 1.82) is 5.26 Å². The van der Waals surface area contributed by atoms with Crippen molar-refractivity contribution in [2.75, 3.05) is 11.9 Å². The average Bonchev–Trinajstić information content (AvgIpc) is 2.79. The Labute approximate surface area is 140 Å². The monoisotopic (exact) mass is 326 g/mol. The molecule has 1 N–H and O–H groups in total. The summed E-state index contributed by atoms with van der Waals surface area (Å²) < 4.78 is 10.8. The second-order valence-corrected chi connectivity index (χ2v) is 5.57. The molecule has 1 heterocycles. The molecule has 0 fully saturated rings. The highest BCUT2D eigenvalue weighted by Crippen LogP contribution is 2.26. The second-order valence-electron chi connectivity index (χ2n) is 5.57. The third-order valence-electron chi connectivity index (χ3n) is 3.37. The lowest BCUT2D eigenvalue weighted by atomic mass is 10.1. The number of carbonyl (C=O) groups excluding carboxylic acids is 2. The number of hydrogen-bond donors (Lipinski definition) is 1. The lowest BCUT2D eigenvalue weighted by molar-refractivity contribution is -0.118. The topological polar surface area (TPSA) is 92.3 Å². The Kier molecular flexibility index (Phi) is 5.05. The number of anilines is 1. The summed E-state index contributed by atoms with van der Waals surface area (Å²) in [5.41, 5.74) is 2.28. The number of ketones is 1. The van der Waals surface area contributed by atoms with Crippen LogP contribution in [0.2, 0.25) is 0 Å². The molecule has 2 rings (SSSR count). The Morgan fingerprint density at radius 2 is 1.83 bits per heavy atom. The molecule has 0 bridgehead atoms. The van der Waals surface area contributed by atoms with Crippen molar-refractivity contribution in [3.63, 3.8) is 0 Å². The predicted molar refractivity (Wildman–Crippen MR) is 88.2 cm³/mol. The second kappa shape index (κ2) is 7.01. The first-order chi connectivity index (χ1) is 11.3. The Hall–Kier alpha value is -3.07. The number of furan rings is 1. The minimum absolute atomic E-state index is 0.0275. The molecule has 24 heavy (non-hydrogen) atoms. The molecular formula is C18H18N2O4. The van der Waals surface area contributed by atoms with E-state index in [9.17, 15) is 14.9 Å². The molecule has 1 aromatic carbocycles. The number of nitrogens with zero attached hydrogens (tertiary/aromatic N) is 1. The standard InChI is InChI=1S/C18H18N2O4/c1-10-5-11(2)7-14(6-10)23-9-16(22)20-18-15(8-19)17(12(3)21)13(4)24-18/h5-7H,9H2,1-4H3,(H,20,22). The largest absolute Gasteiger partial charge is 0.484 e. The molecule has 1 amide bonds. The summed E-state index contributed by atoms with van der Waals surface area (Å²) in [5.74, 6) is 0.0799. The van der Waals surface area contributed by atoms with Crippen LogP contribution in [0, 0.1) is 32.1 Å². The van der Waals surface area contributed by atoms with E-state index in [4.69, 9.17) is 9.15 Å². The van der Waals surface area contributed by atoms with Crippen molar-refractivity contribution in [3.8, 4) is 11.8 Å². The third-order valence-corrected chi connectivity index (χ3v) is 3.37. The zero-order chi connectivity index (χ0) is 17.9. The predicted octanol–water partition coefficient (Wildman–Crippen LogP) is 3.30. The molecule has 0 radical (unpaired) electrons. The van der Waals surface area contributed by atoms with Crippen molar-refractivity contribution in [3.05, 3.63) is 46.2 Å². The number of hydrogen-bond acceptors (Lipinski definition) is 5. The number of carbonyl (C=O) groups is 2. The van der Waals surface area contributed by atoms with Gasteiger partial charge in [0.05, 0.1) is 5.56 Å². The summed E-state index contributed by atoms with van der Waals surface area (Å²) in [6, 6.07) is 7.54. The van der Waals surface area contributed by atoms with Crippen molar-refractivity contribution in [2.45, 2.75) is 27.7 Å². The van der Waals surface area contributed by atoms with Gasteiger partial charge < -0.3 is 9.15 Å². The van der Waals surface area contributed by atoms with Gasteiger partial charge in [-0.3, -0.25) is 14.9 Å². The van der Waals surface area contributed by atoms with Gasteiger partial charge in [0.25, 0.3) is 5.91 Å². The number of ether oxygens (including phenoxy) is 1. The van der Waals surface area contributed by atoms with Gasteiger partial charge in [-0.25, -0.2) is 0 Å². The van der Waals surface area contributed by atoms with Crippen LogP contribution in [0.1, 0.15) is 39.7 Å². The number of rotatable bonds is 5. The molecule has 0 aliphatic rings. The van der Waals surface area contributed by atoms with Crippen LogP contribution in [-0.2, 0) is 4.79 Å². The van der Waals surface area contributed by atoms with Gasteiger partial charge in [-0.1, -0.05) is 6.07 Å². The summed E-state index contributed by atoms with van der Waals surface area (Å²) in [6.45, 7) is 6.55. The van der Waals surface area contributed by atoms with E-state index < -0.39 is 5.91 Å². The fourth-order valence-electron chi connectivity index (χ4n) is 2.49. The van der Waals surface area contributed by atoms with E-state index in [0.29, 0.717) is 11.5 Å². The summed E-state index contributed by atoms with van der Waals surface area (Å²) in [5, 5.41) is 11.7. The molecule has 0 spiro atoms. The summed E-state index contributed by atoms with van der Waals surface area (Å²) in [4.78, 5) is 23.6. The molecular weight excluding hydrogens is 308 g/mol. The van der Waals surface area contributed by atoms with Gasteiger partial charge in [0.1, 0.15) is 23.1 Å². The van der Waals surface area contributed by atoms with E-state index in [0.717, 1.165) is 11.1 Å². The SMILES string of the molecule is CC(=O)c1c(C)oc(NC(=O)COc2cc(C)cc(C)c2)c1C#N. The first kappa shape index (κ1) is 17.3. The van der Waals surface area contributed by atoms with Crippen LogP contribution in [0.15, 0.2) is 22.6 Å². The van der Waals surface area contributed by atoms with Gasteiger partial charge in [-0.15, -0.1) is 0 Å². The smallest absolute Gasteiger partial charge is 0.264 e. The van der Waals surface area contributed by atoms with Crippen LogP contribution in [0.3, 0.4) is 0 Å². The quantitative estimate of drug-likeness (QED) is 0.851. The van der Waals surface area contributed by atoms with E-state index >= 15 is 0 Å². The highest BCUT2D eigenvalue weighted by atomic mass is 16.5. The van der Waals surface area contributed by atoms with Crippen LogP contribution in [0.4, 0.5) is 5.88 Å². The maximum atomic E-state index is 12.0. The van der Waals surface area contributed by atoms with Crippen LogP contribution >= 0.6 is 0 Å². The number of aryl methyl sites for hydroxylation is 3. The van der Waals surface area contributed by atoms with E-state index in [1.54, 1.807) is 6.92 Å². The van der Waals surface area contributed by atoms with Gasteiger partial charge >= 0.3 is 0 Å². The van der Waals surface area contributed by atoms with E-state index in [1.807, 2.05) is 38.1 Å². The van der Waals surface area contributed by atoms with Crippen LogP contribution in [0.5, 0.6) is 5.75 Å². The Bertz CT molecular complexity index is 823. The Morgan fingerprint density at radius 1 is 1.21 bits per heavy atom.